The van der Waals surface area contributed by atoms with Crippen molar-refractivity contribution in [3.63, 3.8) is 0 Å². The van der Waals surface area contributed by atoms with E-state index in [1.807, 2.05) is 12.2 Å². The van der Waals surface area contributed by atoms with E-state index in [4.69, 9.17) is 4.74 Å². The van der Waals surface area contributed by atoms with Crippen LogP contribution in [-0.4, -0.2) is 67.2 Å². The predicted octanol–water partition coefficient (Wildman–Crippen LogP) is -0.827. The summed E-state index contributed by atoms with van der Waals surface area (Å²) < 4.78 is 27.9. The molecule has 9 nitrogen and oxygen atoms in total. The summed E-state index contributed by atoms with van der Waals surface area (Å²) in [5.41, 5.74) is 0. The second-order valence-electron chi connectivity index (χ2n) is 7.16. The highest BCUT2D eigenvalue weighted by Gasteiger charge is 2.48. The fourth-order valence-corrected chi connectivity index (χ4v) is 5.34. The molecule has 10 heteroatoms. The smallest absolute Gasteiger partial charge is 0.326 e. The summed E-state index contributed by atoms with van der Waals surface area (Å²) in [5.74, 6) is -3.22. The van der Waals surface area contributed by atoms with Gasteiger partial charge in [-0.25, -0.2) is 8.42 Å². The Hall–Kier alpha value is -2.23. The molecule has 0 radical (unpaired) electrons. The molecule has 3 rings (SSSR count). The van der Waals surface area contributed by atoms with Crippen LogP contribution in [0.4, 0.5) is 0 Å². The van der Waals surface area contributed by atoms with E-state index in [1.54, 1.807) is 0 Å². The number of nitrogens with zero attached hydrogens (tertiary/aromatic N) is 1. The second kappa shape index (κ2) is 7.41. The summed E-state index contributed by atoms with van der Waals surface area (Å²) in [6.07, 6.45) is 3.82. The fraction of sp³-hybridized carbons (Fsp3) is 0.647. The van der Waals surface area contributed by atoms with Gasteiger partial charge in [0.25, 0.3) is 5.91 Å². The van der Waals surface area contributed by atoms with E-state index in [2.05, 4.69) is 5.32 Å². The Morgan fingerprint density at radius 2 is 1.81 bits per heavy atom. The number of allylic oxidation sites excluding steroid dienone is 2. The lowest BCUT2D eigenvalue weighted by Crippen LogP contribution is -2.44. The summed E-state index contributed by atoms with van der Waals surface area (Å²) in [6.45, 7) is 0.827. The maximum absolute atomic E-state index is 12.3. The van der Waals surface area contributed by atoms with Crippen LogP contribution in [-0.2, 0) is 33.8 Å². The van der Waals surface area contributed by atoms with Gasteiger partial charge in [0.05, 0.1) is 23.3 Å². The Kier molecular flexibility index (Phi) is 5.36. The number of likely N-dealkylation sites (tertiary alicyclic amines) is 1. The van der Waals surface area contributed by atoms with Crippen molar-refractivity contribution in [2.45, 2.75) is 38.3 Å². The van der Waals surface area contributed by atoms with Crippen LogP contribution >= 0.6 is 0 Å². The van der Waals surface area contributed by atoms with E-state index in [9.17, 15) is 27.6 Å². The molecule has 3 aliphatic rings. The minimum Gasteiger partial charge on any atom is -0.451 e. The lowest BCUT2D eigenvalue weighted by atomic mass is 9.85. The van der Waals surface area contributed by atoms with Gasteiger partial charge < -0.3 is 10.1 Å². The molecule has 2 fully saturated rings. The molecule has 2 saturated heterocycles. The minimum absolute atomic E-state index is 0.0164. The molecule has 0 saturated carbocycles. The SMILES string of the molecule is C[C@H](OC(=O)CN1C(=O)[C@H]2CC=CC[C@H]2C1=O)C(=O)N[C@@H]1CCS(=O)(=O)C1. The number of carbonyl (C=O) groups is 4. The standard InChI is InChI=1S/C17H22N2O7S/c1-10(15(21)18-11-6-7-27(24,25)9-11)26-14(20)8-19-16(22)12-4-2-3-5-13(12)17(19)23/h2-3,10-13H,4-9H2,1H3,(H,18,21)/t10-,11+,12-,13+/m0/s1. The number of ether oxygens (including phenoxy) is 1. The van der Waals surface area contributed by atoms with Crippen LogP contribution in [0.15, 0.2) is 12.2 Å². The zero-order chi connectivity index (χ0) is 19.8. The maximum atomic E-state index is 12.3. The predicted molar refractivity (Wildman–Crippen MR) is 92.8 cm³/mol. The fourth-order valence-electron chi connectivity index (χ4n) is 3.67. The quantitative estimate of drug-likeness (QED) is 0.364. The number of amides is 3. The van der Waals surface area contributed by atoms with E-state index in [0.29, 0.717) is 19.3 Å². The minimum atomic E-state index is -3.14. The summed E-state index contributed by atoms with van der Waals surface area (Å²) in [6, 6.07) is -0.499. The van der Waals surface area contributed by atoms with Gasteiger partial charge in [-0.1, -0.05) is 12.2 Å². The van der Waals surface area contributed by atoms with Gasteiger partial charge in [0.1, 0.15) is 6.54 Å². The van der Waals surface area contributed by atoms with E-state index >= 15 is 0 Å². The first kappa shape index (κ1) is 19.5. The first-order chi connectivity index (χ1) is 12.7. The van der Waals surface area contributed by atoms with Crippen LogP contribution in [0.1, 0.15) is 26.2 Å². The van der Waals surface area contributed by atoms with E-state index < -0.39 is 52.2 Å². The van der Waals surface area contributed by atoms with Gasteiger partial charge in [-0.15, -0.1) is 0 Å². The number of hydrogen-bond donors (Lipinski definition) is 1. The van der Waals surface area contributed by atoms with Crippen LogP contribution in [0, 0.1) is 11.8 Å². The maximum Gasteiger partial charge on any atom is 0.326 e. The van der Waals surface area contributed by atoms with Gasteiger partial charge in [0, 0.05) is 6.04 Å². The topological polar surface area (TPSA) is 127 Å². The molecule has 1 N–H and O–H groups in total. The summed E-state index contributed by atoms with van der Waals surface area (Å²) in [4.78, 5) is 49.7. The van der Waals surface area contributed by atoms with E-state index in [0.717, 1.165) is 4.90 Å². The Labute approximate surface area is 157 Å². The second-order valence-corrected chi connectivity index (χ2v) is 9.39. The zero-order valence-corrected chi connectivity index (χ0v) is 15.7. The van der Waals surface area contributed by atoms with Crippen molar-refractivity contribution < 1.29 is 32.3 Å². The molecule has 0 bridgehead atoms. The van der Waals surface area contributed by atoms with Crippen LogP contribution in [0.5, 0.6) is 0 Å². The summed E-state index contributed by atoms with van der Waals surface area (Å²) in [5, 5.41) is 2.54. The molecule has 148 valence electrons. The van der Waals surface area contributed by atoms with Crippen LogP contribution in [0.2, 0.25) is 0 Å². The van der Waals surface area contributed by atoms with Crippen molar-refractivity contribution in [1.82, 2.24) is 10.2 Å². The molecule has 1 aliphatic carbocycles. The van der Waals surface area contributed by atoms with Crippen molar-refractivity contribution in [1.29, 1.82) is 0 Å². The molecule has 0 spiro atoms. The first-order valence-electron chi connectivity index (χ1n) is 8.88. The monoisotopic (exact) mass is 398 g/mol. The van der Waals surface area contributed by atoms with Gasteiger partial charge in [-0.3, -0.25) is 24.1 Å². The average molecular weight is 398 g/mol. The van der Waals surface area contributed by atoms with Crippen molar-refractivity contribution in [3.05, 3.63) is 12.2 Å². The Bertz CT molecular complexity index is 778. The number of hydrogen-bond acceptors (Lipinski definition) is 7. The Morgan fingerprint density at radius 3 is 2.33 bits per heavy atom. The lowest BCUT2D eigenvalue weighted by Gasteiger charge is -2.18. The number of esters is 1. The molecule has 2 aliphatic heterocycles. The van der Waals surface area contributed by atoms with Crippen LogP contribution < -0.4 is 5.32 Å². The van der Waals surface area contributed by atoms with Gasteiger partial charge in [0.15, 0.2) is 15.9 Å². The molecular formula is C17H22N2O7S. The number of nitrogens with one attached hydrogen (secondary N) is 1. The third-order valence-corrected chi connectivity index (χ3v) is 6.91. The lowest BCUT2D eigenvalue weighted by molar-refractivity contribution is -0.159. The molecule has 0 unspecified atom stereocenters. The summed E-state index contributed by atoms with van der Waals surface area (Å²) in [7, 11) is -3.14. The molecular weight excluding hydrogens is 376 g/mol. The first-order valence-corrected chi connectivity index (χ1v) is 10.7. The van der Waals surface area contributed by atoms with Crippen molar-refractivity contribution in [2.24, 2.45) is 11.8 Å². The molecule has 0 aromatic carbocycles. The largest absolute Gasteiger partial charge is 0.451 e. The molecule has 2 heterocycles. The normalized spacial score (nSPS) is 30.1. The Morgan fingerprint density at radius 1 is 1.22 bits per heavy atom. The number of carbonyl (C=O) groups excluding carboxylic acids is 4. The van der Waals surface area contributed by atoms with Gasteiger partial charge in [0.2, 0.25) is 11.8 Å². The van der Waals surface area contributed by atoms with Crippen molar-refractivity contribution in [3.8, 4) is 0 Å². The zero-order valence-electron chi connectivity index (χ0n) is 14.9. The van der Waals surface area contributed by atoms with Gasteiger partial charge in [-0.2, -0.15) is 0 Å². The molecule has 0 aromatic rings. The molecule has 3 amide bonds. The third kappa shape index (κ3) is 4.20. The molecule has 4 atom stereocenters. The highest BCUT2D eigenvalue weighted by atomic mass is 32.2. The van der Waals surface area contributed by atoms with Crippen LogP contribution in [0.3, 0.4) is 0 Å². The van der Waals surface area contributed by atoms with E-state index in [1.165, 1.54) is 6.92 Å². The summed E-state index contributed by atoms with van der Waals surface area (Å²) >= 11 is 0. The molecule has 0 aromatic heterocycles. The highest BCUT2D eigenvalue weighted by molar-refractivity contribution is 7.91. The molecule has 27 heavy (non-hydrogen) atoms. The third-order valence-electron chi connectivity index (χ3n) is 5.14. The van der Waals surface area contributed by atoms with E-state index in [-0.39, 0.29) is 23.3 Å². The number of rotatable bonds is 5. The number of imide groups is 1. The average Bonchev–Trinajstić information content (AvgIpc) is 3.07. The number of sulfone groups is 1. The van der Waals surface area contributed by atoms with Gasteiger partial charge >= 0.3 is 5.97 Å². The van der Waals surface area contributed by atoms with Gasteiger partial charge in [-0.05, 0) is 26.2 Å². The van der Waals surface area contributed by atoms with Crippen LogP contribution in [0.25, 0.3) is 0 Å². The number of fused-ring (bicyclic) bond motifs is 1. The highest BCUT2D eigenvalue weighted by Crippen LogP contribution is 2.34. The van der Waals surface area contributed by atoms with Crippen molar-refractivity contribution >= 4 is 33.5 Å². The Balaban J connectivity index is 1.51. The van der Waals surface area contributed by atoms with Crippen molar-refractivity contribution in [2.75, 3.05) is 18.1 Å².